The van der Waals surface area contributed by atoms with E-state index in [1.54, 1.807) is 0 Å². The molecule has 106 valence electrons. The van der Waals surface area contributed by atoms with Gasteiger partial charge in [0.15, 0.2) is 0 Å². The molecule has 0 saturated carbocycles. The highest BCUT2D eigenvalue weighted by Crippen LogP contribution is 2.21. The first-order valence-corrected chi connectivity index (χ1v) is 7.79. The number of hydrogen-bond acceptors (Lipinski definition) is 0. The summed E-state index contributed by atoms with van der Waals surface area (Å²) >= 11 is 0. The summed E-state index contributed by atoms with van der Waals surface area (Å²) in [6.45, 7) is 6.98. The number of rotatable bonds is 6. The van der Waals surface area contributed by atoms with Crippen LogP contribution < -0.4 is 0 Å². The van der Waals surface area contributed by atoms with Crippen LogP contribution in [0.3, 0.4) is 0 Å². The SMILES string of the molecule is CC(C)CCC(C)Cc1ccc(-c2ccccc2)cc1. The van der Waals surface area contributed by atoms with Crippen molar-refractivity contribution >= 4 is 0 Å². The molecule has 0 nitrogen and oxygen atoms in total. The van der Waals surface area contributed by atoms with Gasteiger partial charge in [0.1, 0.15) is 0 Å². The highest BCUT2D eigenvalue weighted by molar-refractivity contribution is 5.63. The highest BCUT2D eigenvalue weighted by Gasteiger charge is 2.05. The molecule has 20 heavy (non-hydrogen) atoms. The molecule has 0 heterocycles. The third-order valence-electron chi connectivity index (χ3n) is 3.88. The van der Waals surface area contributed by atoms with E-state index in [4.69, 9.17) is 0 Å². The third kappa shape index (κ3) is 4.52. The number of benzene rings is 2. The molecular weight excluding hydrogens is 240 g/mol. The molecule has 1 atom stereocenters. The smallest absolute Gasteiger partial charge is 0.0184 e. The molecule has 2 aromatic carbocycles. The summed E-state index contributed by atoms with van der Waals surface area (Å²) in [7, 11) is 0. The summed E-state index contributed by atoms with van der Waals surface area (Å²) in [6, 6.07) is 19.7. The minimum atomic E-state index is 0.778. The Balaban J connectivity index is 1.95. The molecule has 0 saturated heterocycles. The Morgan fingerprint density at radius 3 is 1.90 bits per heavy atom. The van der Waals surface area contributed by atoms with E-state index in [2.05, 4.69) is 75.4 Å². The zero-order valence-corrected chi connectivity index (χ0v) is 13.0. The van der Waals surface area contributed by atoms with E-state index in [0.717, 1.165) is 11.8 Å². The summed E-state index contributed by atoms with van der Waals surface area (Å²) < 4.78 is 0. The molecule has 0 aliphatic carbocycles. The standard InChI is InChI=1S/C20H26/c1-16(2)9-10-17(3)15-18-11-13-20(14-12-18)19-7-5-4-6-8-19/h4-8,11-14,16-17H,9-10,15H2,1-3H3. The van der Waals surface area contributed by atoms with E-state index in [-0.39, 0.29) is 0 Å². The summed E-state index contributed by atoms with van der Waals surface area (Å²) in [4.78, 5) is 0. The Labute approximate surface area is 123 Å². The molecule has 0 fully saturated rings. The Bertz CT molecular complexity index is 493. The van der Waals surface area contributed by atoms with Crippen molar-refractivity contribution in [1.82, 2.24) is 0 Å². The quantitative estimate of drug-likeness (QED) is 0.604. The summed E-state index contributed by atoms with van der Waals surface area (Å²) in [5.41, 5.74) is 4.07. The lowest BCUT2D eigenvalue weighted by Crippen LogP contribution is -2.01. The Morgan fingerprint density at radius 2 is 1.30 bits per heavy atom. The van der Waals surface area contributed by atoms with E-state index in [0.29, 0.717) is 0 Å². The molecular formula is C20H26. The fraction of sp³-hybridized carbons (Fsp3) is 0.400. The first kappa shape index (κ1) is 14.8. The lowest BCUT2D eigenvalue weighted by atomic mass is 9.93. The zero-order chi connectivity index (χ0) is 14.4. The first-order chi connectivity index (χ1) is 9.65. The fourth-order valence-electron chi connectivity index (χ4n) is 2.59. The highest BCUT2D eigenvalue weighted by atomic mass is 14.1. The number of hydrogen-bond donors (Lipinski definition) is 0. The fourth-order valence-corrected chi connectivity index (χ4v) is 2.59. The molecule has 0 aliphatic rings. The predicted molar refractivity (Wildman–Crippen MR) is 88.8 cm³/mol. The van der Waals surface area contributed by atoms with Gasteiger partial charge in [-0.05, 0) is 34.9 Å². The normalized spacial score (nSPS) is 12.6. The maximum absolute atomic E-state index is 2.37. The van der Waals surface area contributed by atoms with Gasteiger partial charge in [0, 0.05) is 0 Å². The molecule has 0 heteroatoms. The lowest BCUT2D eigenvalue weighted by molar-refractivity contribution is 0.448. The second kappa shape index (κ2) is 7.28. The average Bonchev–Trinajstić information content (AvgIpc) is 2.47. The van der Waals surface area contributed by atoms with Crippen LogP contribution in [0.5, 0.6) is 0 Å². The topological polar surface area (TPSA) is 0 Å². The first-order valence-electron chi connectivity index (χ1n) is 7.79. The molecule has 1 unspecified atom stereocenters. The van der Waals surface area contributed by atoms with Gasteiger partial charge in [0.2, 0.25) is 0 Å². The molecule has 2 aromatic rings. The maximum Gasteiger partial charge on any atom is -0.0184 e. The van der Waals surface area contributed by atoms with Crippen LogP contribution in [0.15, 0.2) is 54.6 Å². The van der Waals surface area contributed by atoms with Crippen molar-refractivity contribution in [2.45, 2.75) is 40.0 Å². The van der Waals surface area contributed by atoms with Gasteiger partial charge in [-0.1, -0.05) is 88.2 Å². The van der Waals surface area contributed by atoms with Gasteiger partial charge in [-0.2, -0.15) is 0 Å². The van der Waals surface area contributed by atoms with Gasteiger partial charge in [-0.3, -0.25) is 0 Å². The molecule has 0 spiro atoms. The van der Waals surface area contributed by atoms with Crippen LogP contribution in [0.2, 0.25) is 0 Å². The Kier molecular flexibility index (Phi) is 5.40. The van der Waals surface area contributed by atoms with Crippen LogP contribution in [-0.4, -0.2) is 0 Å². The lowest BCUT2D eigenvalue weighted by Gasteiger charge is -2.13. The van der Waals surface area contributed by atoms with Crippen LogP contribution >= 0.6 is 0 Å². The van der Waals surface area contributed by atoms with Crippen molar-refractivity contribution in [3.63, 3.8) is 0 Å². The molecule has 0 aliphatic heterocycles. The zero-order valence-electron chi connectivity index (χ0n) is 13.0. The van der Waals surface area contributed by atoms with E-state index >= 15 is 0 Å². The van der Waals surface area contributed by atoms with Gasteiger partial charge in [0.25, 0.3) is 0 Å². The van der Waals surface area contributed by atoms with Gasteiger partial charge < -0.3 is 0 Å². The van der Waals surface area contributed by atoms with Crippen LogP contribution in [0.25, 0.3) is 11.1 Å². The minimum absolute atomic E-state index is 0.778. The van der Waals surface area contributed by atoms with Crippen LogP contribution in [0.4, 0.5) is 0 Å². The average molecular weight is 266 g/mol. The summed E-state index contributed by atoms with van der Waals surface area (Å²) in [5, 5.41) is 0. The van der Waals surface area contributed by atoms with E-state index in [1.165, 1.54) is 36.0 Å². The van der Waals surface area contributed by atoms with Gasteiger partial charge in [0.05, 0.1) is 0 Å². The summed E-state index contributed by atoms with van der Waals surface area (Å²) in [5.74, 6) is 1.60. The monoisotopic (exact) mass is 266 g/mol. The van der Waals surface area contributed by atoms with Crippen molar-refractivity contribution in [2.24, 2.45) is 11.8 Å². The van der Waals surface area contributed by atoms with Crippen molar-refractivity contribution < 1.29 is 0 Å². The Hall–Kier alpha value is -1.56. The van der Waals surface area contributed by atoms with Crippen molar-refractivity contribution in [3.05, 3.63) is 60.2 Å². The van der Waals surface area contributed by atoms with Gasteiger partial charge >= 0.3 is 0 Å². The van der Waals surface area contributed by atoms with Gasteiger partial charge in [-0.15, -0.1) is 0 Å². The van der Waals surface area contributed by atoms with Crippen molar-refractivity contribution in [1.29, 1.82) is 0 Å². The minimum Gasteiger partial charge on any atom is -0.0628 e. The predicted octanol–water partition coefficient (Wildman–Crippen LogP) is 5.97. The molecule has 0 amide bonds. The van der Waals surface area contributed by atoms with E-state index < -0.39 is 0 Å². The molecule has 0 radical (unpaired) electrons. The summed E-state index contributed by atoms with van der Waals surface area (Å²) in [6.07, 6.45) is 3.86. The second-order valence-electron chi connectivity index (χ2n) is 6.34. The second-order valence-corrected chi connectivity index (χ2v) is 6.34. The molecule has 0 bridgehead atoms. The molecule has 0 N–H and O–H groups in total. The molecule has 0 aromatic heterocycles. The Morgan fingerprint density at radius 1 is 0.700 bits per heavy atom. The van der Waals surface area contributed by atoms with Crippen molar-refractivity contribution in [2.75, 3.05) is 0 Å². The van der Waals surface area contributed by atoms with E-state index in [9.17, 15) is 0 Å². The third-order valence-corrected chi connectivity index (χ3v) is 3.88. The van der Waals surface area contributed by atoms with E-state index in [1.807, 2.05) is 0 Å². The van der Waals surface area contributed by atoms with Crippen molar-refractivity contribution in [3.8, 4) is 11.1 Å². The maximum atomic E-state index is 2.37. The van der Waals surface area contributed by atoms with Gasteiger partial charge in [-0.25, -0.2) is 0 Å². The van der Waals surface area contributed by atoms with Crippen LogP contribution in [-0.2, 0) is 6.42 Å². The van der Waals surface area contributed by atoms with Crippen LogP contribution in [0.1, 0.15) is 39.2 Å². The largest absolute Gasteiger partial charge is 0.0628 e. The molecule has 2 rings (SSSR count). The van der Waals surface area contributed by atoms with Crippen LogP contribution in [0, 0.1) is 11.8 Å².